The molecule has 1 fully saturated rings. The first-order valence-electron chi connectivity index (χ1n) is 6.96. The van der Waals surface area contributed by atoms with Crippen molar-refractivity contribution < 1.29 is 0 Å². The van der Waals surface area contributed by atoms with E-state index in [9.17, 15) is 0 Å². The standard InChI is InChI=1S/C15H28N2/c1-6-7-8-13(14-9-12(14)4)10-15(16-5)17-11(2)3/h12-14H,2,6-10H2,1,3-5H3,(H,16,17). The van der Waals surface area contributed by atoms with Gasteiger partial charge in [0.1, 0.15) is 5.84 Å². The summed E-state index contributed by atoms with van der Waals surface area (Å²) in [6, 6.07) is 0. The third kappa shape index (κ3) is 4.93. The van der Waals surface area contributed by atoms with Gasteiger partial charge in [0.15, 0.2) is 0 Å². The van der Waals surface area contributed by atoms with E-state index < -0.39 is 0 Å². The van der Waals surface area contributed by atoms with E-state index in [1.165, 1.54) is 25.7 Å². The molecule has 1 aliphatic carbocycles. The molecule has 1 rings (SSSR count). The van der Waals surface area contributed by atoms with Gasteiger partial charge in [0.25, 0.3) is 0 Å². The number of hydrogen-bond donors (Lipinski definition) is 1. The number of aliphatic imine (C=N–C) groups is 1. The molecular weight excluding hydrogens is 208 g/mol. The van der Waals surface area contributed by atoms with Crippen molar-refractivity contribution in [2.45, 2.75) is 52.9 Å². The molecule has 1 N–H and O–H groups in total. The Balaban J connectivity index is 2.49. The summed E-state index contributed by atoms with van der Waals surface area (Å²) < 4.78 is 0. The topological polar surface area (TPSA) is 24.4 Å². The Kier molecular flexibility index (Phi) is 5.73. The van der Waals surface area contributed by atoms with E-state index in [1.54, 1.807) is 0 Å². The Morgan fingerprint density at radius 1 is 1.53 bits per heavy atom. The van der Waals surface area contributed by atoms with E-state index in [2.05, 4.69) is 30.7 Å². The molecule has 0 aliphatic heterocycles. The van der Waals surface area contributed by atoms with E-state index in [1.807, 2.05) is 14.0 Å². The normalized spacial score (nSPS) is 25.5. The van der Waals surface area contributed by atoms with Gasteiger partial charge in [0.2, 0.25) is 0 Å². The highest BCUT2D eigenvalue weighted by Gasteiger charge is 2.39. The van der Waals surface area contributed by atoms with Crippen LogP contribution in [0.5, 0.6) is 0 Å². The third-order valence-electron chi connectivity index (χ3n) is 3.79. The lowest BCUT2D eigenvalue weighted by atomic mass is 9.92. The summed E-state index contributed by atoms with van der Waals surface area (Å²) in [5, 5.41) is 3.29. The van der Waals surface area contributed by atoms with Crippen molar-refractivity contribution in [3.8, 4) is 0 Å². The van der Waals surface area contributed by atoms with Crippen LogP contribution in [0.3, 0.4) is 0 Å². The Labute approximate surface area is 107 Å². The second kappa shape index (κ2) is 6.83. The van der Waals surface area contributed by atoms with Crippen LogP contribution in [0.4, 0.5) is 0 Å². The fourth-order valence-corrected chi connectivity index (χ4v) is 2.63. The van der Waals surface area contributed by atoms with Gasteiger partial charge in [-0.3, -0.25) is 4.99 Å². The molecule has 1 aliphatic rings. The largest absolute Gasteiger partial charge is 0.348 e. The van der Waals surface area contributed by atoms with Crippen LogP contribution in [0.25, 0.3) is 0 Å². The highest BCUT2D eigenvalue weighted by atomic mass is 15.0. The molecule has 2 heteroatoms. The van der Waals surface area contributed by atoms with Gasteiger partial charge in [0, 0.05) is 19.2 Å². The van der Waals surface area contributed by atoms with Gasteiger partial charge in [-0.15, -0.1) is 0 Å². The predicted octanol–water partition coefficient (Wildman–Crippen LogP) is 3.99. The van der Waals surface area contributed by atoms with Gasteiger partial charge >= 0.3 is 0 Å². The van der Waals surface area contributed by atoms with Gasteiger partial charge in [-0.25, -0.2) is 0 Å². The van der Waals surface area contributed by atoms with Crippen molar-refractivity contribution in [2.75, 3.05) is 7.05 Å². The molecule has 0 saturated heterocycles. The SMILES string of the molecule is C=C(C)NC(CC(CCCC)C1CC1C)=NC. The second-order valence-corrected chi connectivity index (χ2v) is 5.56. The van der Waals surface area contributed by atoms with Crippen LogP contribution < -0.4 is 5.32 Å². The number of unbranched alkanes of at least 4 members (excludes halogenated alkanes) is 1. The zero-order valence-corrected chi connectivity index (χ0v) is 11.9. The van der Waals surface area contributed by atoms with Crippen molar-refractivity contribution in [3.05, 3.63) is 12.3 Å². The van der Waals surface area contributed by atoms with Crippen LogP contribution in [-0.4, -0.2) is 12.9 Å². The molecule has 2 nitrogen and oxygen atoms in total. The van der Waals surface area contributed by atoms with Crippen LogP contribution in [0.2, 0.25) is 0 Å². The van der Waals surface area contributed by atoms with Gasteiger partial charge in [-0.1, -0.05) is 33.3 Å². The lowest BCUT2D eigenvalue weighted by Crippen LogP contribution is -2.25. The first-order chi connectivity index (χ1) is 8.08. The first-order valence-corrected chi connectivity index (χ1v) is 6.96. The Morgan fingerprint density at radius 3 is 2.59 bits per heavy atom. The number of amidine groups is 1. The van der Waals surface area contributed by atoms with Crippen molar-refractivity contribution in [1.29, 1.82) is 0 Å². The van der Waals surface area contributed by atoms with Crippen molar-refractivity contribution in [2.24, 2.45) is 22.7 Å². The van der Waals surface area contributed by atoms with E-state index in [-0.39, 0.29) is 0 Å². The van der Waals surface area contributed by atoms with E-state index >= 15 is 0 Å². The second-order valence-electron chi connectivity index (χ2n) is 5.56. The quantitative estimate of drug-likeness (QED) is 0.524. The summed E-state index contributed by atoms with van der Waals surface area (Å²) in [7, 11) is 1.87. The summed E-state index contributed by atoms with van der Waals surface area (Å²) in [4.78, 5) is 4.36. The van der Waals surface area contributed by atoms with Crippen molar-refractivity contribution >= 4 is 5.84 Å². The first kappa shape index (κ1) is 14.3. The fourth-order valence-electron chi connectivity index (χ4n) is 2.63. The molecule has 1 saturated carbocycles. The van der Waals surface area contributed by atoms with Crippen LogP contribution in [0.15, 0.2) is 17.3 Å². The Morgan fingerprint density at radius 2 is 2.18 bits per heavy atom. The summed E-state index contributed by atoms with van der Waals surface area (Å²) in [6.07, 6.45) is 6.50. The van der Waals surface area contributed by atoms with Crippen LogP contribution in [-0.2, 0) is 0 Å². The maximum absolute atomic E-state index is 4.36. The highest BCUT2D eigenvalue weighted by molar-refractivity contribution is 5.83. The van der Waals surface area contributed by atoms with E-state index in [4.69, 9.17) is 0 Å². The molecule has 0 amide bonds. The molecule has 98 valence electrons. The summed E-state index contributed by atoms with van der Waals surface area (Å²) in [5.41, 5.74) is 0.990. The van der Waals surface area contributed by atoms with Gasteiger partial charge in [0.05, 0.1) is 0 Å². The van der Waals surface area contributed by atoms with Crippen LogP contribution >= 0.6 is 0 Å². The van der Waals surface area contributed by atoms with Crippen molar-refractivity contribution in [3.63, 3.8) is 0 Å². The minimum atomic E-state index is 0.815. The Hall–Kier alpha value is -0.790. The number of hydrogen-bond acceptors (Lipinski definition) is 1. The maximum Gasteiger partial charge on any atom is 0.100 e. The minimum Gasteiger partial charge on any atom is -0.348 e. The van der Waals surface area contributed by atoms with Crippen molar-refractivity contribution in [1.82, 2.24) is 5.32 Å². The summed E-state index contributed by atoms with van der Waals surface area (Å²) in [6.45, 7) is 10.5. The molecule has 0 aromatic rings. The summed E-state index contributed by atoms with van der Waals surface area (Å²) in [5.74, 6) is 3.79. The molecule has 0 aromatic heterocycles. The molecule has 0 aromatic carbocycles. The van der Waals surface area contributed by atoms with Crippen LogP contribution in [0.1, 0.15) is 52.9 Å². The number of nitrogens with one attached hydrogen (secondary N) is 1. The smallest absolute Gasteiger partial charge is 0.100 e. The van der Waals surface area contributed by atoms with E-state index in [0.717, 1.165) is 35.7 Å². The number of rotatable bonds is 7. The van der Waals surface area contributed by atoms with Crippen LogP contribution in [0, 0.1) is 17.8 Å². The van der Waals surface area contributed by atoms with Gasteiger partial charge < -0.3 is 5.32 Å². The molecule has 17 heavy (non-hydrogen) atoms. The number of allylic oxidation sites excluding steroid dienone is 1. The van der Waals surface area contributed by atoms with Gasteiger partial charge in [-0.2, -0.15) is 0 Å². The lowest BCUT2D eigenvalue weighted by molar-refractivity contribution is 0.407. The third-order valence-corrected chi connectivity index (χ3v) is 3.79. The molecule has 0 spiro atoms. The lowest BCUT2D eigenvalue weighted by Gasteiger charge is -2.18. The van der Waals surface area contributed by atoms with Gasteiger partial charge in [-0.05, 0) is 37.5 Å². The molecule has 0 heterocycles. The molecule has 0 bridgehead atoms. The molecule has 3 atom stereocenters. The molecule has 0 radical (unpaired) electrons. The Bertz CT molecular complexity index is 281. The fraction of sp³-hybridized carbons (Fsp3) is 0.800. The number of nitrogens with zero attached hydrogens (tertiary/aromatic N) is 1. The average molecular weight is 236 g/mol. The highest BCUT2D eigenvalue weighted by Crippen LogP contribution is 2.46. The zero-order chi connectivity index (χ0) is 12.8. The predicted molar refractivity (Wildman–Crippen MR) is 76.2 cm³/mol. The summed E-state index contributed by atoms with van der Waals surface area (Å²) >= 11 is 0. The maximum atomic E-state index is 4.36. The molecular formula is C15H28N2. The monoisotopic (exact) mass is 236 g/mol. The van der Waals surface area contributed by atoms with E-state index in [0.29, 0.717) is 0 Å². The average Bonchev–Trinajstić information content (AvgIpc) is 2.99. The zero-order valence-electron chi connectivity index (χ0n) is 11.9. The molecule has 3 unspecified atom stereocenters. The minimum absolute atomic E-state index is 0.815.